The fraction of sp³-hybridized carbons (Fsp3) is 0.611. The molecular weight excluding hydrogens is 304 g/mol. The maximum Gasteiger partial charge on any atom is 0.228 e. The molecule has 0 saturated carbocycles. The van der Waals surface area contributed by atoms with Gasteiger partial charge in [0.1, 0.15) is 0 Å². The van der Waals surface area contributed by atoms with E-state index in [2.05, 4.69) is 27.0 Å². The van der Waals surface area contributed by atoms with Gasteiger partial charge in [0.05, 0.1) is 6.61 Å². The van der Waals surface area contributed by atoms with Gasteiger partial charge in [0, 0.05) is 43.9 Å². The van der Waals surface area contributed by atoms with Gasteiger partial charge in [0.2, 0.25) is 17.7 Å². The summed E-state index contributed by atoms with van der Waals surface area (Å²) in [7, 11) is 0. The molecule has 3 rings (SSSR count). The number of anilines is 1. The topological polar surface area (TPSA) is 58.6 Å². The molecule has 130 valence electrons. The van der Waals surface area contributed by atoms with Crippen LogP contribution in [-0.2, 0) is 4.79 Å². The maximum absolute atomic E-state index is 12.6. The first-order valence-electron chi connectivity index (χ1n) is 8.84. The number of rotatable bonds is 4. The molecule has 1 aliphatic carbocycles. The van der Waals surface area contributed by atoms with Crippen LogP contribution in [0.25, 0.3) is 0 Å². The zero-order valence-electron chi connectivity index (χ0n) is 14.6. The van der Waals surface area contributed by atoms with Gasteiger partial charge in [-0.15, -0.1) is 0 Å². The third-order valence-electron chi connectivity index (χ3n) is 4.60. The van der Waals surface area contributed by atoms with Gasteiger partial charge in [-0.25, -0.2) is 4.98 Å². The molecular formula is C18H26N4O2. The lowest BCUT2D eigenvalue weighted by Crippen LogP contribution is -2.51. The van der Waals surface area contributed by atoms with Crippen molar-refractivity contribution >= 4 is 11.9 Å². The number of allylic oxidation sites excluding steroid dienone is 2. The monoisotopic (exact) mass is 330 g/mol. The lowest BCUT2D eigenvalue weighted by atomic mass is 9.93. The highest BCUT2D eigenvalue weighted by atomic mass is 16.5. The third-order valence-corrected chi connectivity index (χ3v) is 4.60. The molecule has 0 unspecified atom stereocenters. The van der Waals surface area contributed by atoms with Crippen molar-refractivity contribution < 1.29 is 9.53 Å². The quantitative estimate of drug-likeness (QED) is 0.792. The first kappa shape index (κ1) is 16.7. The van der Waals surface area contributed by atoms with Crippen molar-refractivity contribution in [2.75, 3.05) is 37.7 Å². The average molecular weight is 330 g/mol. The third kappa shape index (κ3) is 3.86. The minimum absolute atomic E-state index is 0.168. The Labute approximate surface area is 143 Å². The number of carbonyl (C=O) groups is 1. The van der Waals surface area contributed by atoms with Crippen molar-refractivity contribution in [3.05, 3.63) is 23.9 Å². The van der Waals surface area contributed by atoms with Crippen LogP contribution < -0.4 is 9.64 Å². The Morgan fingerprint density at radius 1 is 1.25 bits per heavy atom. The molecule has 1 aliphatic heterocycles. The minimum Gasteiger partial charge on any atom is -0.478 e. The van der Waals surface area contributed by atoms with E-state index < -0.39 is 0 Å². The van der Waals surface area contributed by atoms with Gasteiger partial charge in [-0.1, -0.05) is 12.2 Å². The fourth-order valence-electron chi connectivity index (χ4n) is 3.29. The van der Waals surface area contributed by atoms with Crippen LogP contribution in [-0.4, -0.2) is 53.6 Å². The highest BCUT2D eigenvalue weighted by molar-refractivity contribution is 5.79. The van der Waals surface area contributed by atoms with Crippen LogP contribution >= 0.6 is 0 Å². The van der Waals surface area contributed by atoms with E-state index in [9.17, 15) is 4.79 Å². The van der Waals surface area contributed by atoms with E-state index in [1.165, 1.54) is 0 Å². The maximum atomic E-state index is 12.6. The predicted octanol–water partition coefficient (Wildman–Crippen LogP) is 2.19. The van der Waals surface area contributed by atoms with E-state index in [1.54, 1.807) is 0 Å². The number of piperazine rings is 1. The van der Waals surface area contributed by atoms with Crippen molar-refractivity contribution in [2.45, 2.75) is 33.1 Å². The summed E-state index contributed by atoms with van der Waals surface area (Å²) in [5.41, 5.74) is 0.899. The standard InChI is InChI=1S/C18H26N4O2/c1-3-24-16-13-14(2)19-18(20-16)22-11-9-21(10-12-22)17(23)15-7-5-4-6-8-15/h4-5,13,15H,3,6-12H2,1-2H3/t15-/m0/s1. The van der Waals surface area contributed by atoms with E-state index in [4.69, 9.17) is 4.74 Å². The van der Waals surface area contributed by atoms with Gasteiger partial charge in [0.25, 0.3) is 0 Å². The van der Waals surface area contributed by atoms with Gasteiger partial charge in [0.15, 0.2) is 0 Å². The van der Waals surface area contributed by atoms with E-state index in [1.807, 2.05) is 24.8 Å². The summed E-state index contributed by atoms with van der Waals surface area (Å²) in [6.45, 7) is 7.49. The van der Waals surface area contributed by atoms with Crippen molar-refractivity contribution in [2.24, 2.45) is 5.92 Å². The lowest BCUT2D eigenvalue weighted by molar-refractivity contribution is -0.136. The number of aromatic nitrogens is 2. The Balaban J connectivity index is 1.60. The number of ether oxygens (including phenoxy) is 1. The second-order valence-corrected chi connectivity index (χ2v) is 6.37. The van der Waals surface area contributed by atoms with Gasteiger partial charge < -0.3 is 14.5 Å². The first-order chi connectivity index (χ1) is 11.7. The number of carbonyl (C=O) groups excluding carboxylic acids is 1. The van der Waals surface area contributed by atoms with E-state index in [0.29, 0.717) is 24.3 Å². The first-order valence-corrected chi connectivity index (χ1v) is 8.84. The summed E-state index contributed by atoms with van der Waals surface area (Å²) in [6, 6.07) is 1.85. The summed E-state index contributed by atoms with van der Waals surface area (Å²) in [4.78, 5) is 25.8. The van der Waals surface area contributed by atoms with Crippen LogP contribution in [0.5, 0.6) is 5.88 Å². The summed E-state index contributed by atoms with van der Waals surface area (Å²) < 4.78 is 5.51. The molecule has 2 heterocycles. The minimum atomic E-state index is 0.168. The molecule has 1 atom stereocenters. The number of amides is 1. The SMILES string of the molecule is CCOc1cc(C)nc(N2CCN(C(=O)[C@H]3CC=CCC3)CC2)n1. The molecule has 0 bridgehead atoms. The average Bonchev–Trinajstić information content (AvgIpc) is 2.62. The van der Waals surface area contributed by atoms with Crippen LogP contribution in [0.4, 0.5) is 5.95 Å². The molecule has 2 aliphatic rings. The van der Waals surface area contributed by atoms with Crippen LogP contribution in [0.1, 0.15) is 31.9 Å². The van der Waals surface area contributed by atoms with E-state index in [0.717, 1.165) is 51.1 Å². The van der Waals surface area contributed by atoms with Crippen LogP contribution in [0.3, 0.4) is 0 Å². The van der Waals surface area contributed by atoms with Gasteiger partial charge in [-0.05, 0) is 33.1 Å². The summed E-state index contributed by atoms with van der Waals surface area (Å²) >= 11 is 0. The largest absolute Gasteiger partial charge is 0.478 e. The van der Waals surface area contributed by atoms with Crippen molar-refractivity contribution in [3.63, 3.8) is 0 Å². The Kier molecular flexibility index (Phi) is 5.33. The second-order valence-electron chi connectivity index (χ2n) is 6.37. The van der Waals surface area contributed by atoms with Crippen molar-refractivity contribution in [1.82, 2.24) is 14.9 Å². The Bertz CT molecular complexity index is 609. The molecule has 6 nitrogen and oxygen atoms in total. The van der Waals surface area contributed by atoms with Gasteiger partial charge >= 0.3 is 0 Å². The fourth-order valence-corrected chi connectivity index (χ4v) is 3.29. The molecule has 1 saturated heterocycles. The zero-order chi connectivity index (χ0) is 16.9. The van der Waals surface area contributed by atoms with E-state index >= 15 is 0 Å². The Morgan fingerprint density at radius 3 is 2.71 bits per heavy atom. The molecule has 1 fully saturated rings. The van der Waals surface area contributed by atoms with Gasteiger partial charge in [-0.2, -0.15) is 4.98 Å². The molecule has 0 radical (unpaired) electrons. The van der Waals surface area contributed by atoms with Crippen molar-refractivity contribution in [3.8, 4) is 5.88 Å². The molecule has 0 aromatic carbocycles. The Morgan fingerprint density at radius 2 is 2.04 bits per heavy atom. The molecule has 1 aromatic heterocycles. The normalized spacial score (nSPS) is 21.0. The molecule has 24 heavy (non-hydrogen) atoms. The highest BCUT2D eigenvalue weighted by Crippen LogP contribution is 2.22. The van der Waals surface area contributed by atoms with Gasteiger partial charge in [-0.3, -0.25) is 4.79 Å². The zero-order valence-corrected chi connectivity index (χ0v) is 14.6. The van der Waals surface area contributed by atoms with E-state index in [-0.39, 0.29) is 5.92 Å². The van der Waals surface area contributed by atoms with Crippen LogP contribution in [0.15, 0.2) is 18.2 Å². The number of hydrogen-bond acceptors (Lipinski definition) is 5. The smallest absolute Gasteiger partial charge is 0.228 e. The number of nitrogens with zero attached hydrogens (tertiary/aromatic N) is 4. The lowest BCUT2D eigenvalue weighted by Gasteiger charge is -2.36. The Hall–Kier alpha value is -2.11. The molecule has 1 amide bonds. The highest BCUT2D eigenvalue weighted by Gasteiger charge is 2.28. The second kappa shape index (κ2) is 7.64. The van der Waals surface area contributed by atoms with Crippen molar-refractivity contribution in [1.29, 1.82) is 0 Å². The number of hydrogen-bond donors (Lipinski definition) is 0. The summed E-state index contributed by atoms with van der Waals surface area (Å²) in [5.74, 6) is 1.79. The molecule has 1 aromatic rings. The number of aryl methyl sites for hydroxylation is 1. The molecule has 6 heteroatoms. The summed E-state index contributed by atoms with van der Waals surface area (Å²) in [6.07, 6.45) is 7.20. The van der Waals surface area contributed by atoms with Crippen LogP contribution in [0.2, 0.25) is 0 Å². The molecule has 0 N–H and O–H groups in total. The summed E-state index contributed by atoms with van der Waals surface area (Å²) in [5, 5.41) is 0. The predicted molar refractivity (Wildman–Crippen MR) is 93.2 cm³/mol. The van der Waals surface area contributed by atoms with Crippen LogP contribution in [0, 0.1) is 12.8 Å². The molecule has 0 spiro atoms.